The van der Waals surface area contributed by atoms with Crippen LogP contribution in [-0.2, 0) is 16.6 Å². The molecule has 0 fully saturated rings. The summed E-state index contributed by atoms with van der Waals surface area (Å²) in [5.41, 5.74) is 0. The van der Waals surface area contributed by atoms with E-state index in [1.54, 1.807) is 23.1 Å². The van der Waals surface area contributed by atoms with Gasteiger partial charge in [0.25, 0.3) is 0 Å². The molecular weight excluding hydrogens is 240 g/mol. The van der Waals surface area contributed by atoms with Crippen LogP contribution in [0.15, 0.2) is 18.5 Å². The zero-order valence-electron chi connectivity index (χ0n) is 10.3. The van der Waals surface area contributed by atoms with Crippen LogP contribution < -0.4 is 10.0 Å². The van der Waals surface area contributed by atoms with Crippen molar-refractivity contribution in [3.8, 4) is 0 Å². The van der Waals surface area contributed by atoms with Crippen molar-refractivity contribution in [1.29, 1.82) is 0 Å². The van der Waals surface area contributed by atoms with Crippen molar-refractivity contribution in [2.45, 2.75) is 26.4 Å². The summed E-state index contributed by atoms with van der Waals surface area (Å²) < 4.78 is 27.4. The maximum Gasteiger partial charge on any atom is 0.212 e. The highest BCUT2D eigenvalue weighted by Gasteiger charge is 2.09. The second-order valence-electron chi connectivity index (χ2n) is 4.09. The lowest BCUT2D eigenvalue weighted by Crippen LogP contribution is -2.35. The molecule has 0 aliphatic rings. The van der Waals surface area contributed by atoms with Crippen molar-refractivity contribution in [3.05, 3.63) is 18.5 Å². The molecule has 0 saturated heterocycles. The molecule has 98 valence electrons. The first-order chi connectivity index (χ1) is 7.99. The van der Waals surface area contributed by atoms with Crippen molar-refractivity contribution in [2.24, 2.45) is 0 Å². The number of hydrogen-bond acceptors (Lipinski definition) is 4. The second-order valence-corrected chi connectivity index (χ2v) is 6.02. The van der Waals surface area contributed by atoms with E-state index in [-0.39, 0.29) is 5.75 Å². The average Bonchev–Trinajstić information content (AvgIpc) is 2.69. The molecule has 0 aliphatic heterocycles. The Morgan fingerprint density at radius 1 is 1.35 bits per heavy atom. The Hall–Kier alpha value is -0.920. The highest BCUT2D eigenvalue weighted by molar-refractivity contribution is 7.89. The number of sulfonamides is 1. The van der Waals surface area contributed by atoms with Gasteiger partial charge in [-0.15, -0.1) is 0 Å². The van der Waals surface area contributed by atoms with Gasteiger partial charge in [0.05, 0.1) is 12.3 Å². The molecule has 0 saturated carbocycles. The Labute approximate surface area is 102 Å². The van der Waals surface area contributed by atoms with Crippen molar-refractivity contribution in [3.63, 3.8) is 0 Å². The quantitative estimate of drug-likeness (QED) is 0.679. The lowest BCUT2D eigenvalue weighted by molar-refractivity contribution is 0.552. The molecule has 0 amide bonds. The first-order valence-corrected chi connectivity index (χ1v) is 7.33. The van der Waals surface area contributed by atoms with Crippen molar-refractivity contribution >= 4 is 10.0 Å². The molecule has 0 aliphatic carbocycles. The molecule has 0 bridgehead atoms. The maximum atomic E-state index is 11.6. The van der Waals surface area contributed by atoms with Crippen molar-refractivity contribution < 1.29 is 8.42 Å². The molecule has 0 unspecified atom stereocenters. The monoisotopic (exact) mass is 260 g/mol. The lowest BCUT2D eigenvalue weighted by atomic mass is 10.4. The smallest absolute Gasteiger partial charge is 0.212 e. The van der Waals surface area contributed by atoms with Gasteiger partial charge in [0.2, 0.25) is 10.0 Å². The van der Waals surface area contributed by atoms with Gasteiger partial charge in [0.1, 0.15) is 0 Å². The predicted octanol–water partition coefficient (Wildman–Crippen LogP) is -0.199. The summed E-state index contributed by atoms with van der Waals surface area (Å²) in [4.78, 5) is 0. The van der Waals surface area contributed by atoms with E-state index >= 15 is 0 Å². The third-order valence-corrected chi connectivity index (χ3v) is 3.53. The highest BCUT2D eigenvalue weighted by atomic mass is 32.2. The molecule has 17 heavy (non-hydrogen) atoms. The van der Waals surface area contributed by atoms with Crippen LogP contribution in [0.5, 0.6) is 0 Å². The van der Waals surface area contributed by atoms with Crippen LogP contribution >= 0.6 is 0 Å². The predicted molar refractivity (Wildman–Crippen MR) is 67.2 cm³/mol. The van der Waals surface area contributed by atoms with E-state index in [1.165, 1.54) is 0 Å². The molecule has 0 spiro atoms. The van der Waals surface area contributed by atoms with Gasteiger partial charge in [0, 0.05) is 31.5 Å². The fourth-order valence-electron chi connectivity index (χ4n) is 1.30. The molecule has 0 aromatic carbocycles. The van der Waals surface area contributed by atoms with Crippen LogP contribution in [0.3, 0.4) is 0 Å². The number of aromatic nitrogens is 2. The molecular formula is C10H20N4O2S. The van der Waals surface area contributed by atoms with Gasteiger partial charge >= 0.3 is 0 Å². The van der Waals surface area contributed by atoms with Crippen LogP contribution in [0, 0.1) is 0 Å². The van der Waals surface area contributed by atoms with Crippen molar-refractivity contribution in [1.82, 2.24) is 19.8 Å². The first kappa shape index (κ1) is 14.1. The summed E-state index contributed by atoms with van der Waals surface area (Å²) in [6.07, 6.45) is 3.47. The summed E-state index contributed by atoms with van der Waals surface area (Å²) in [6.45, 7) is 5.35. The van der Waals surface area contributed by atoms with Gasteiger partial charge in [0.15, 0.2) is 0 Å². The zero-order valence-corrected chi connectivity index (χ0v) is 11.1. The van der Waals surface area contributed by atoms with E-state index in [9.17, 15) is 8.42 Å². The lowest BCUT2D eigenvalue weighted by Gasteiger charge is -2.09. The molecule has 0 atom stereocenters. The summed E-state index contributed by atoms with van der Waals surface area (Å²) in [6, 6.07) is 2.11. The summed E-state index contributed by atoms with van der Waals surface area (Å²) in [5.74, 6) is 0.101. The fraction of sp³-hybridized carbons (Fsp3) is 0.700. The fourth-order valence-corrected chi connectivity index (χ4v) is 2.24. The van der Waals surface area contributed by atoms with Crippen LogP contribution in [0.4, 0.5) is 0 Å². The molecule has 0 radical (unpaired) electrons. The van der Waals surface area contributed by atoms with E-state index in [4.69, 9.17) is 0 Å². The second kappa shape index (κ2) is 6.73. The molecule has 6 nitrogen and oxygen atoms in total. The summed E-state index contributed by atoms with van der Waals surface area (Å²) in [5, 5.41) is 7.06. The maximum absolute atomic E-state index is 11.6. The largest absolute Gasteiger partial charge is 0.313 e. The summed E-state index contributed by atoms with van der Waals surface area (Å²) >= 11 is 0. The van der Waals surface area contributed by atoms with Gasteiger partial charge in [-0.3, -0.25) is 4.68 Å². The highest BCUT2D eigenvalue weighted by Crippen LogP contribution is 1.87. The van der Waals surface area contributed by atoms with Gasteiger partial charge in [-0.05, 0) is 6.07 Å². The Morgan fingerprint density at radius 2 is 2.12 bits per heavy atom. The molecule has 2 N–H and O–H groups in total. The molecule has 1 rings (SSSR count). The Kier molecular flexibility index (Phi) is 5.60. The number of rotatable bonds is 8. The van der Waals surface area contributed by atoms with Gasteiger partial charge in [-0.2, -0.15) is 5.10 Å². The van der Waals surface area contributed by atoms with E-state index in [2.05, 4.69) is 15.1 Å². The van der Waals surface area contributed by atoms with Crippen LogP contribution in [0.1, 0.15) is 13.8 Å². The molecule has 1 aromatic heterocycles. The molecule has 7 heteroatoms. The van der Waals surface area contributed by atoms with E-state index < -0.39 is 10.0 Å². The average molecular weight is 260 g/mol. The Morgan fingerprint density at radius 3 is 2.71 bits per heavy atom. The van der Waals surface area contributed by atoms with Gasteiger partial charge in [-0.1, -0.05) is 13.8 Å². The summed E-state index contributed by atoms with van der Waals surface area (Å²) in [7, 11) is -3.18. The van der Waals surface area contributed by atoms with Crippen LogP contribution in [0.2, 0.25) is 0 Å². The Bertz CT molecular complexity index is 400. The minimum atomic E-state index is -3.18. The third kappa shape index (κ3) is 6.40. The zero-order chi connectivity index (χ0) is 12.7. The minimum Gasteiger partial charge on any atom is -0.313 e. The third-order valence-electron chi connectivity index (χ3n) is 2.15. The van der Waals surface area contributed by atoms with Gasteiger partial charge in [-0.25, -0.2) is 13.1 Å². The van der Waals surface area contributed by atoms with Crippen LogP contribution in [-0.4, -0.2) is 43.1 Å². The molecule has 1 aromatic rings. The van der Waals surface area contributed by atoms with Crippen molar-refractivity contribution in [2.75, 3.05) is 18.8 Å². The van der Waals surface area contributed by atoms with Crippen LogP contribution in [0.25, 0.3) is 0 Å². The number of nitrogens with zero attached hydrogens (tertiary/aromatic N) is 2. The standard InChI is InChI=1S/C10H20N4O2S/c1-10(2)11-6-9-17(15,16)13-5-8-14-7-3-4-12-14/h3-4,7,10-11,13H,5-6,8-9H2,1-2H3. The number of hydrogen-bond donors (Lipinski definition) is 2. The first-order valence-electron chi connectivity index (χ1n) is 5.68. The van der Waals surface area contributed by atoms with E-state index in [0.717, 1.165) is 0 Å². The minimum absolute atomic E-state index is 0.101. The van der Waals surface area contributed by atoms with E-state index in [0.29, 0.717) is 25.7 Å². The van der Waals surface area contributed by atoms with E-state index in [1.807, 2.05) is 13.8 Å². The SMILES string of the molecule is CC(C)NCCS(=O)(=O)NCCn1cccn1. The normalized spacial score (nSPS) is 12.2. The Balaban J connectivity index is 2.20. The number of nitrogens with one attached hydrogen (secondary N) is 2. The molecule has 1 heterocycles. The van der Waals surface area contributed by atoms with Gasteiger partial charge < -0.3 is 5.32 Å². The topological polar surface area (TPSA) is 76.0 Å².